The van der Waals surface area contributed by atoms with Gasteiger partial charge in [0.05, 0.1) is 12.7 Å². The van der Waals surface area contributed by atoms with E-state index in [0.29, 0.717) is 32.1 Å². The molecule has 0 aromatic rings. The van der Waals surface area contributed by atoms with E-state index in [1.807, 2.05) is 0 Å². The minimum absolute atomic E-state index is 0.390. The second-order valence-electron chi connectivity index (χ2n) is 3.16. The molecule has 1 unspecified atom stereocenters. The third-order valence-electron chi connectivity index (χ3n) is 1.26. The van der Waals surface area contributed by atoms with E-state index < -0.39 is 6.10 Å². The average Bonchev–Trinajstić information content (AvgIpc) is 1.87. The molecule has 0 aliphatic carbocycles. The zero-order chi connectivity index (χ0) is 8.69. The van der Waals surface area contributed by atoms with Gasteiger partial charge in [0, 0.05) is 6.61 Å². The van der Waals surface area contributed by atoms with Gasteiger partial charge in [-0.1, -0.05) is 13.8 Å². The van der Waals surface area contributed by atoms with Crippen molar-refractivity contribution in [2.75, 3.05) is 19.8 Å². The summed E-state index contributed by atoms with van der Waals surface area (Å²) in [5.74, 6) is 0.528. The van der Waals surface area contributed by atoms with Gasteiger partial charge in [-0.15, -0.1) is 0 Å². The number of rotatable bonds is 6. The van der Waals surface area contributed by atoms with E-state index in [4.69, 9.17) is 15.6 Å². The number of aliphatic hydroxyl groups excluding tert-OH is 1. The highest BCUT2D eigenvalue weighted by molar-refractivity contribution is 4.53. The molecule has 68 valence electrons. The molecule has 0 amide bonds. The molecule has 0 aliphatic rings. The van der Waals surface area contributed by atoms with Crippen molar-refractivity contribution in [3.63, 3.8) is 0 Å². The highest BCUT2D eigenvalue weighted by Gasteiger charge is 2.02. The molecule has 3 nitrogen and oxygen atoms in total. The number of aliphatic hydroxyl groups is 1. The second-order valence-corrected chi connectivity index (χ2v) is 3.16. The van der Waals surface area contributed by atoms with Gasteiger partial charge < -0.3 is 15.6 Å². The van der Waals surface area contributed by atoms with Gasteiger partial charge in [-0.2, -0.15) is 0 Å². The lowest BCUT2D eigenvalue weighted by molar-refractivity contribution is 0.0232. The Bertz CT molecular complexity index is 86.2. The molecule has 0 aromatic carbocycles. The van der Waals surface area contributed by atoms with Gasteiger partial charge in [-0.25, -0.2) is 0 Å². The predicted octanol–water partition coefficient (Wildman–Crippen LogP) is 0.369. The molecule has 0 heterocycles. The van der Waals surface area contributed by atoms with Gasteiger partial charge in [0.1, 0.15) is 0 Å². The molecular weight excluding hydrogens is 142 g/mol. The van der Waals surface area contributed by atoms with Crippen LogP contribution in [0.25, 0.3) is 0 Å². The fourth-order valence-electron chi connectivity index (χ4n) is 0.716. The summed E-state index contributed by atoms with van der Waals surface area (Å²) in [6.07, 6.45) is 0.233. The molecule has 0 aliphatic heterocycles. The Morgan fingerprint density at radius 3 is 2.45 bits per heavy atom. The molecule has 0 aromatic heterocycles. The van der Waals surface area contributed by atoms with Gasteiger partial charge in [0.25, 0.3) is 0 Å². The first kappa shape index (κ1) is 10.9. The molecule has 0 radical (unpaired) electrons. The topological polar surface area (TPSA) is 55.5 Å². The smallest absolute Gasteiger partial charge is 0.0785 e. The Hall–Kier alpha value is -0.120. The summed E-state index contributed by atoms with van der Waals surface area (Å²) >= 11 is 0. The van der Waals surface area contributed by atoms with Crippen LogP contribution in [-0.4, -0.2) is 31.0 Å². The van der Waals surface area contributed by atoms with Crippen LogP contribution in [0, 0.1) is 5.92 Å². The van der Waals surface area contributed by atoms with Gasteiger partial charge in [-0.3, -0.25) is 0 Å². The Kier molecular flexibility index (Phi) is 6.51. The molecule has 0 saturated heterocycles. The first-order chi connectivity index (χ1) is 5.16. The summed E-state index contributed by atoms with van der Waals surface area (Å²) in [7, 11) is 0. The summed E-state index contributed by atoms with van der Waals surface area (Å²) in [5, 5.41) is 9.16. The van der Waals surface area contributed by atoms with E-state index in [1.165, 1.54) is 0 Å². The van der Waals surface area contributed by atoms with Crippen LogP contribution >= 0.6 is 0 Å². The molecule has 0 saturated carbocycles. The zero-order valence-corrected chi connectivity index (χ0v) is 7.42. The van der Waals surface area contributed by atoms with Gasteiger partial charge >= 0.3 is 0 Å². The molecule has 0 rings (SSSR count). The van der Waals surface area contributed by atoms with Crippen LogP contribution in [0.3, 0.4) is 0 Å². The van der Waals surface area contributed by atoms with Crippen LogP contribution in [0.5, 0.6) is 0 Å². The van der Waals surface area contributed by atoms with Crippen molar-refractivity contribution in [2.24, 2.45) is 11.7 Å². The number of hydrogen-bond donors (Lipinski definition) is 2. The quantitative estimate of drug-likeness (QED) is 0.591. The van der Waals surface area contributed by atoms with Crippen molar-refractivity contribution in [2.45, 2.75) is 26.4 Å². The highest BCUT2D eigenvalue weighted by Crippen LogP contribution is 1.95. The third-order valence-corrected chi connectivity index (χ3v) is 1.26. The van der Waals surface area contributed by atoms with Gasteiger partial charge in [0.15, 0.2) is 0 Å². The monoisotopic (exact) mass is 161 g/mol. The normalized spacial score (nSPS) is 13.9. The number of hydrogen-bond acceptors (Lipinski definition) is 3. The summed E-state index contributed by atoms with van der Waals surface area (Å²) in [5.41, 5.74) is 5.25. The fourth-order valence-corrected chi connectivity index (χ4v) is 0.716. The Morgan fingerprint density at radius 1 is 1.36 bits per heavy atom. The standard InChI is InChI=1S/C8H19NO2/c1-7(2)5-11-6-8(10)3-4-9/h7-8,10H,3-6,9H2,1-2H3. The van der Waals surface area contributed by atoms with Crippen LogP contribution in [0.2, 0.25) is 0 Å². The fraction of sp³-hybridized carbons (Fsp3) is 1.00. The van der Waals surface area contributed by atoms with Crippen molar-refractivity contribution < 1.29 is 9.84 Å². The number of ether oxygens (including phenoxy) is 1. The maximum Gasteiger partial charge on any atom is 0.0785 e. The van der Waals surface area contributed by atoms with Crippen molar-refractivity contribution in [1.29, 1.82) is 0 Å². The average molecular weight is 161 g/mol. The largest absolute Gasteiger partial charge is 0.391 e. The van der Waals surface area contributed by atoms with Crippen LogP contribution in [-0.2, 0) is 4.74 Å². The molecule has 1 atom stereocenters. The van der Waals surface area contributed by atoms with Crippen LogP contribution in [0.15, 0.2) is 0 Å². The van der Waals surface area contributed by atoms with Crippen molar-refractivity contribution in [3.8, 4) is 0 Å². The van der Waals surface area contributed by atoms with E-state index in [9.17, 15) is 0 Å². The van der Waals surface area contributed by atoms with Crippen molar-refractivity contribution in [1.82, 2.24) is 0 Å². The summed E-state index contributed by atoms with van der Waals surface area (Å²) < 4.78 is 5.20. The van der Waals surface area contributed by atoms with Crippen LogP contribution in [0.4, 0.5) is 0 Å². The van der Waals surface area contributed by atoms with E-state index in [0.717, 1.165) is 0 Å². The third kappa shape index (κ3) is 7.78. The van der Waals surface area contributed by atoms with Crippen LogP contribution < -0.4 is 5.73 Å². The molecule has 0 bridgehead atoms. The summed E-state index contributed by atoms with van der Waals surface area (Å²) in [4.78, 5) is 0. The van der Waals surface area contributed by atoms with E-state index >= 15 is 0 Å². The highest BCUT2D eigenvalue weighted by atomic mass is 16.5. The minimum atomic E-state index is -0.390. The first-order valence-corrected chi connectivity index (χ1v) is 4.12. The SMILES string of the molecule is CC(C)COCC(O)CCN. The molecule has 11 heavy (non-hydrogen) atoms. The first-order valence-electron chi connectivity index (χ1n) is 4.12. The molecular formula is C8H19NO2. The van der Waals surface area contributed by atoms with E-state index in [-0.39, 0.29) is 0 Å². The van der Waals surface area contributed by atoms with Crippen LogP contribution in [0.1, 0.15) is 20.3 Å². The lowest BCUT2D eigenvalue weighted by Gasteiger charge is -2.10. The lowest BCUT2D eigenvalue weighted by Crippen LogP contribution is -2.20. The lowest BCUT2D eigenvalue weighted by atomic mass is 10.2. The molecule has 0 spiro atoms. The predicted molar refractivity (Wildman–Crippen MR) is 45.3 cm³/mol. The van der Waals surface area contributed by atoms with Crippen molar-refractivity contribution in [3.05, 3.63) is 0 Å². The minimum Gasteiger partial charge on any atom is -0.391 e. The maximum atomic E-state index is 9.16. The second kappa shape index (κ2) is 6.58. The number of nitrogens with two attached hydrogens (primary N) is 1. The Balaban J connectivity index is 3.10. The van der Waals surface area contributed by atoms with E-state index in [1.54, 1.807) is 0 Å². The Morgan fingerprint density at radius 2 is 2.00 bits per heavy atom. The van der Waals surface area contributed by atoms with Gasteiger partial charge in [0.2, 0.25) is 0 Å². The maximum absolute atomic E-state index is 9.16. The van der Waals surface area contributed by atoms with E-state index in [2.05, 4.69) is 13.8 Å². The molecule has 3 N–H and O–H groups in total. The molecule has 0 fully saturated rings. The summed E-state index contributed by atoms with van der Waals surface area (Å²) in [6, 6.07) is 0. The van der Waals surface area contributed by atoms with Crippen molar-refractivity contribution >= 4 is 0 Å². The molecule has 3 heteroatoms. The summed E-state index contributed by atoms with van der Waals surface area (Å²) in [6.45, 7) is 5.80. The Labute approximate surface area is 68.5 Å². The van der Waals surface area contributed by atoms with Gasteiger partial charge in [-0.05, 0) is 18.9 Å². The zero-order valence-electron chi connectivity index (χ0n) is 7.42.